The fourth-order valence-electron chi connectivity index (χ4n) is 2.01. The number of carbonyl (C=O) groups is 2. The van der Waals surface area contributed by atoms with Gasteiger partial charge in [0, 0.05) is 12.5 Å². The van der Waals surface area contributed by atoms with Crippen LogP contribution in [-0.4, -0.2) is 11.8 Å². The van der Waals surface area contributed by atoms with Crippen LogP contribution in [0.1, 0.15) is 35.4 Å². The van der Waals surface area contributed by atoms with Crippen LogP contribution in [0, 0.1) is 0 Å². The van der Waals surface area contributed by atoms with Crippen molar-refractivity contribution in [2.45, 2.75) is 19.4 Å². The Morgan fingerprint density at radius 3 is 2.05 bits per heavy atom. The molecule has 0 aliphatic heterocycles. The molecule has 0 heterocycles. The van der Waals surface area contributed by atoms with Crippen molar-refractivity contribution >= 4 is 11.8 Å². The Hall–Kier alpha value is -2.42. The first kappa shape index (κ1) is 14.0. The SMILES string of the molecule is CC(=O)O[C@H](CC(=O)c1ccccc1)c1ccccc1. The molecule has 102 valence electrons. The van der Waals surface area contributed by atoms with E-state index in [4.69, 9.17) is 4.74 Å². The van der Waals surface area contributed by atoms with Crippen LogP contribution in [0.25, 0.3) is 0 Å². The van der Waals surface area contributed by atoms with E-state index in [2.05, 4.69) is 0 Å². The van der Waals surface area contributed by atoms with E-state index in [1.807, 2.05) is 48.5 Å². The van der Waals surface area contributed by atoms with E-state index in [0.717, 1.165) is 5.56 Å². The second-order valence-corrected chi connectivity index (χ2v) is 4.50. The van der Waals surface area contributed by atoms with E-state index in [0.29, 0.717) is 5.56 Å². The summed E-state index contributed by atoms with van der Waals surface area (Å²) < 4.78 is 5.27. The first-order valence-electron chi connectivity index (χ1n) is 6.47. The van der Waals surface area contributed by atoms with Crippen LogP contribution in [0.4, 0.5) is 0 Å². The molecule has 0 radical (unpaired) electrons. The van der Waals surface area contributed by atoms with Crippen molar-refractivity contribution in [1.82, 2.24) is 0 Å². The van der Waals surface area contributed by atoms with Crippen molar-refractivity contribution in [3.63, 3.8) is 0 Å². The van der Waals surface area contributed by atoms with Crippen molar-refractivity contribution in [3.8, 4) is 0 Å². The van der Waals surface area contributed by atoms with Crippen LogP contribution in [-0.2, 0) is 9.53 Å². The lowest BCUT2D eigenvalue weighted by atomic mass is 10.00. The molecule has 3 heteroatoms. The highest BCUT2D eigenvalue weighted by Gasteiger charge is 2.19. The summed E-state index contributed by atoms with van der Waals surface area (Å²) in [7, 11) is 0. The fraction of sp³-hybridized carbons (Fsp3) is 0.176. The molecule has 0 aliphatic rings. The standard InChI is InChI=1S/C17H16O3/c1-13(18)20-17(15-10-6-3-7-11-15)12-16(19)14-8-4-2-5-9-14/h2-11,17H,12H2,1H3/t17-/m1/s1. The molecule has 0 unspecified atom stereocenters. The number of Topliss-reactive ketones (excluding diaryl/α,β-unsaturated/α-hetero) is 1. The summed E-state index contributed by atoms with van der Waals surface area (Å²) in [6.07, 6.45) is -0.394. The number of carbonyl (C=O) groups excluding carboxylic acids is 2. The van der Waals surface area contributed by atoms with Crippen LogP contribution < -0.4 is 0 Å². The minimum atomic E-state index is -0.540. The zero-order valence-electron chi connectivity index (χ0n) is 11.3. The van der Waals surface area contributed by atoms with Gasteiger partial charge in [-0.05, 0) is 5.56 Å². The van der Waals surface area contributed by atoms with Crippen molar-refractivity contribution in [3.05, 3.63) is 71.8 Å². The maximum atomic E-state index is 12.2. The molecule has 1 atom stereocenters. The van der Waals surface area contributed by atoms with Gasteiger partial charge in [0.15, 0.2) is 5.78 Å². The number of rotatable bonds is 5. The largest absolute Gasteiger partial charge is 0.457 e. The zero-order valence-corrected chi connectivity index (χ0v) is 11.3. The molecule has 2 aromatic carbocycles. The molecule has 2 rings (SSSR count). The number of benzene rings is 2. The number of ketones is 1. The zero-order chi connectivity index (χ0) is 14.4. The average molecular weight is 268 g/mol. The topological polar surface area (TPSA) is 43.4 Å². The number of esters is 1. The number of hydrogen-bond donors (Lipinski definition) is 0. The van der Waals surface area contributed by atoms with Crippen LogP contribution in [0.3, 0.4) is 0 Å². The Morgan fingerprint density at radius 1 is 0.950 bits per heavy atom. The third-order valence-corrected chi connectivity index (χ3v) is 2.95. The van der Waals surface area contributed by atoms with Crippen molar-refractivity contribution in [2.75, 3.05) is 0 Å². The van der Waals surface area contributed by atoms with Gasteiger partial charge in [0.2, 0.25) is 0 Å². The van der Waals surface area contributed by atoms with Crippen LogP contribution in [0.15, 0.2) is 60.7 Å². The normalized spacial score (nSPS) is 11.7. The quantitative estimate of drug-likeness (QED) is 0.615. The average Bonchev–Trinajstić information content (AvgIpc) is 2.48. The van der Waals surface area contributed by atoms with E-state index in [1.54, 1.807) is 12.1 Å². The lowest BCUT2D eigenvalue weighted by Gasteiger charge is -2.16. The van der Waals surface area contributed by atoms with Gasteiger partial charge in [0.25, 0.3) is 0 Å². The first-order chi connectivity index (χ1) is 9.66. The predicted octanol–water partition coefficient (Wildman–Crippen LogP) is 3.56. The number of hydrogen-bond acceptors (Lipinski definition) is 3. The minimum absolute atomic E-state index is 0.0410. The van der Waals surface area contributed by atoms with Crippen LogP contribution >= 0.6 is 0 Å². The highest BCUT2D eigenvalue weighted by molar-refractivity contribution is 5.96. The molecule has 2 aromatic rings. The fourth-order valence-corrected chi connectivity index (χ4v) is 2.01. The van der Waals surface area contributed by atoms with Gasteiger partial charge in [0.1, 0.15) is 6.10 Å². The van der Waals surface area contributed by atoms with Gasteiger partial charge >= 0.3 is 5.97 Å². The molecule has 0 spiro atoms. The maximum absolute atomic E-state index is 12.2. The monoisotopic (exact) mass is 268 g/mol. The van der Waals surface area contributed by atoms with Crippen molar-refractivity contribution < 1.29 is 14.3 Å². The molecule has 0 amide bonds. The van der Waals surface area contributed by atoms with E-state index in [1.165, 1.54) is 6.92 Å². The van der Waals surface area contributed by atoms with Gasteiger partial charge in [-0.1, -0.05) is 60.7 Å². The Kier molecular flexibility index (Phi) is 4.66. The Labute approximate surface area is 118 Å². The van der Waals surface area contributed by atoms with Crippen molar-refractivity contribution in [1.29, 1.82) is 0 Å². The Morgan fingerprint density at radius 2 is 1.50 bits per heavy atom. The van der Waals surface area contributed by atoms with Gasteiger partial charge in [-0.25, -0.2) is 0 Å². The molecule has 0 saturated heterocycles. The van der Waals surface area contributed by atoms with Crippen molar-refractivity contribution in [2.24, 2.45) is 0 Å². The molecule has 20 heavy (non-hydrogen) atoms. The molecule has 0 aromatic heterocycles. The van der Waals surface area contributed by atoms with E-state index in [9.17, 15) is 9.59 Å². The smallest absolute Gasteiger partial charge is 0.303 e. The van der Waals surface area contributed by atoms with Crippen LogP contribution in [0.5, 0.6) is 0 Å². The third kappa shape index (κ3) is 3.79. The summed E-state index contributed by atoms with van der Waals surface area (Å²) in [4.78, 5) is 23.4. The van der Waals surface area contributed by atoms with E-state index < -0.39 is 6.10 Å². The van der Waals surface area contributed by atoms with Gasteiger partial charge in [-0.15, -0.1) is 0 Å². The maximum Gasteiger partial charge on any atom is 0.303 e. The van der Waals surface area contributed by atoms with Crippen LogP contribution in [0.2, 0.25) is 0 Å². The minimum Gasteiger partial charge on any atom is -0.457 e. The lowest BCUT2D eigenvalue weighted by Crippen LogP contribution is -2.13. The van der Waals surface area contributed by atoms with Gasteiger partial charge < -0.3 is 4.74 Å². The molecular formula is C17H16O3. The molecule has 0 aliphatic carbocycles. The summed E-state index contributed by atoms with van der Waals surface area (Å²) in [5.41, 5.74) is 1.45. The summed E-state index contributed by atoms with van der Waals surface area (Å²) in [6, 6.07) is 18.3. The highest BCUT2D eigenvalue weighted by atomic mass is 16.5. The second-order valence-electron chi connectivity index (χ2n) is 4.50. The molecule has 3 nitrogen and oxygen atoms in total. The first-order valence-corrected chi connectivity index (χ1v) is 6.47. The summed E-state index contributed by atoms with van der Waals surface area (Å²) in [5, 5.41) is 0. The van der Waals surface area contributed by atoms with E-state index in [-0.39, 0.29) is 18.2 Å². The lowest BCUT2D eigenvalue weighted by molar-refractivity contribution is -0.146. The van der Waals surface area contributed by atoms with Gasteiger partial charge in [0.05, 0.1) is 6.42 Å². The molecule has 0 N–H and O–H groups in total. The summed E-state index contributed by atoms with van der Waals surface area (Å²) in [6.45, 7) is 1.35. The molecule has 0 fully saturated rings. The number of ether oxygens (including phenoxy) is 1. The summed E-state index contributed by atoms with van der Waals surface area (Å²) in [5.74, 6) is -0.430. The van der Waals surface area contributed by atoms with Gasteiger partial charge in [-0.3, -0.25) is 9.59 Å². The van der Waals surface area contributed by atoms with Gasteiger partial charge in [-0.2, -0.15) is 0 Å². The molecule has 0 saturated carbocycles. The van der Waals surface area contributed by atoms with E-state index >= 15 is 0 Å². The summed E-state index contributed by atoms with van der Waals surface area (Å²) >= 11 is 0. The third-order valence-electron chi connectivity index (χ3n) is 2.95. The predicted molar refractivity (Wildman–Crippen MR) is 76.3 cm³/mol. The highest BCUT2D eigenvalue weighted by Crippen LogP contribution is 2.23. The Bertz CT molecular complexity index is 576. The second kappa shape index (κ2) is 6.66. The Balaban J connectivity index is 2.16. The molecule has 0 bridgehead atoms. The molecular weight excluding hydrogens is 252 g/mol.